The van der Waals surface area contributed by atoms with Crippen LogP contribution in [0.3, 0.4) is 0 Å². The van der Waals surface area contributed by atoms with Crippen molar-refractivity contribution in [2.24, 2.45) is 0 Å². The van der Waals surface area contributed by atoms with Gasteiger partial charge in [-0.05, 0) is 0 Å². The van der Waals surface area contributed by atoms with Crippen molar-refractivity contribution in [3.8, 4) is 0 Å². The van der Waals surface area contributed by atoms with E-state index in [9.17, 15) is 0 Å². The molecule has 0 fully saturated rings. The number of hydrogen-bond donors (Lipinski definition) is 0. The van der Waals surface area contributed by atoms with Crippen molar-refractivity contribution in [2.45, 2.75) is 48.0 Å². The van der Waals surface area contributed by atoms with Crippen LogP contribution in [0.1, 0.15) is 48.0 Å². The quantitative estimate of drug-likeness (QED) is 0.448. The minimum atomic E-state index is 0. The first-order valence-corrected chi connectivity index (χ1v) is 2.91. The van der Waals surface area contributed by atoms with E-state index in [1.54, 1.807) is 0 Å². The van der Waals surface area contributed by atoms with E-state index in [2.05, 4.69) is 13.8 Å². The molecule has 0 aliphatic rings. The molecule has 0 aliphatic heterocycles. The molecule has 0 nitrogen and oxygen atoms in total. The molecule has 0 aromatic rings. The van der Waals surface area contributed by atoms with E-state index < -0.39 is 0 Å². The molecule has 0 spiro atoms. The Kier molecular flexibility index (Phi) is 1270. The largest absolute Gasteiger partial charge is 4.00 e. The Morgan fingerprint density at radius 3 is 0.750 bits per heavy atom. The number of unbranched alkanes of at least 4 members (excludes halogenated alkanes) is 1. The molecule has 0 N–H and O–H groups in total. The molecule has 0 bridgehead atoms. The van der Waals surface area contributed by atoms with Crippen LogP contribution in [-0.2, 0) is 19.5 Å². The third-order valence-corrected chi connectivity index (χ3v) is 0.500. The minimum Gasteiger partial charge on any atom is -0.358 e. The van der Waals surface area contributed by atoms with Crippen LogP contribution in [0.2, 0.25) is 0 Å². The smallest absolute Gasteiger partial charge is 0.358 e. The molecule has 0 radical (unpaired) electrons. The standard InChI is InChI=1S/C4H10.C2H6.CH4.4CH3.Ru/c1-3-4-2;1-2;;;;;;/h3-4H2,1-2H3;1-2H3;1H4;4*1H3;/q;;;4*-1;+4. The van der Waals surface area contributed by atoms with Crippen LogP contribution in [0.4, 0.5) is 0 Å². The zero-order chi connectivity index (χ0) is 5.41. The summed E-state index contributed by atoms with van der Waals surface area (Å²) in [6.07, 6.45) is 2.64. The van der Waals surface area contributed by atoms with Gasteiger partial charge in [0.2, 0.25) is 0 Å². The van der Waals surface area contributed by atoms with E-state index in [0.29, 0.717) is 0 Å². The molecule has 0 aromatic carbocycles. The Hall–Kier alpha value is 0.623. The average molecular weight is 265 g/mol. The molecule has 1 heteroatoms. The molecule has 0 saturated heterocycles. The molecule has 0 rings (SSSR count). The van der Waals surface area contributed by atoms with Gasteiger partial charge in [-0.15, -0.1) is 0 Å². The van der Waals surface area contributed by atoms with Gasteiger partial charge in [0.15, 0.2) is 0 Å². The average Bonchev–Trinajstić information content (AvgIpc) is 1.72. The zero-order valence-corrected chi connectivity index (χ0v) is 11.5. The molecule has 0 unspecified atom stereocenters. The van der Waals surface area contributed by atoms with Gasteiger partial charge in [-0.3, -0.25) is 0 Å². The van der Waals surface area contributed by atoms with Crippen molar-refractivity contribution < 1.29 is 19.5 Å². The first-order chi connectivity index (χ1) is 2.91. The van der Waals surface area contributed by atoms with Crippen LogP contribution in [0.25, 0.3) is 0 Å². The third kappa shape index (κ3) is 373. The Morgan fingerprint density at radius 1 is 0.667 bits per heavy atom. The number of hydrogen-bond acceptors (Lipinski definition) is 0. The predicted molar refractivity (Wildman–Crippen MR) is 64.3 cm³/mol. The second-order valence-electron chi connectivity index (χ2n) is 1.000. The van der Waals surface area contributed by atoms with E-state index in [1.807, 2.05) is 13.8 Å². The van der Waals surface area contributed by atoms with Crippen LogP contribution in [0, 0.1) is 29.7 Å². The van der Waals surface area contributed by atoms with E-state index in [4.69, 9.17) is 0 Å². The Morgan fingerprint density at radius 2 is 0.750 bits per heavy atom. The molecule has 0 heterocycles. The van der Waals surface area contributed by atoms with Crippen LogP contribution in [0.15, 0.2) is 0 Å². The summed E-state index contributed by atoms with van der Waals surface area (Å²) in [6.45, 7) is 8.36. The fourth-order valence-corrected chi connectivity index (χ4v) is 0. The van der Waals surface area contributed by atoms with Crippen LogP contribution in [-0.4, -0.2) is 0 Å². The third-order valence-electron chi connectivity index (χ3n) is 0.500. The van der Waals surface area contributed by atoms with Crippen LogP contribution in [0.5, 0.6) is 0 Å². The molecule has 0 aliphatic carbocycles. The summed E-state index contributed by atoms with van der Waals surface area (Å²) in [5, 5.41) is 0. The fourth-order valence-electron chi connectivity index (χ4n) is 0. The van der Waals surface area contributed by atoms with Gasteiger partial charge < -0.3 is 29.7 Å². The maximum Gasteiger partial charge on any atom is 4.00 e. The molecule has 84 valence electrons. The van der Waals surface area contributed by atoms with E-state index in [-0.39, 0.29) is 56.6 Å². The molecular formula is C11H32Ru. The van der Waals surface area contributed by atoms with Gasteiger partial charge in [0.25, 0.3) is 0 Å². The second-order valence-corrected chi connectivity index (χ2v) is 1.000. The SMILES string of the molecule is C.CC.CCCC.[CH3-].[CH3-].[CH3-].[CH3-].[Ru+4]. The van der Waals surface area contributed by atoms with Gasteiger partial charge in [0.05, 0.1) is 0 Å². The Bertz CT molecular complexity index is 6.97. The summed E-state index contributed by atoms with van der Waals surface area (Å²) in [7, 11) is 0. The zero-order valence-electron chi connectivity index (χ0n) is 9.77. The Labute approximate surface area is 97.3 Å². The van der Waals surface area contributed by atoms with Gasteiger partial charge in [0, 0.05) is 0 Å². The van der Waals surface area contributed by atoms with Crippen molar-refractivity contribution in [1.29, 1.82) is 0 Å². The maximum atomic E-state index is 2.18. The summed E-state index contributed by atoms with van der Waals surface area (Å²) in [6, 6.07) is 0. The first kappa shape index (κ1) is 79.8. The van der Waals surface area contributed by atoms with Gasteiger partial charge in [-0.2, -0.15) is 0 Å². The molecule has 0 amide bonds. The topological polar surface area (TPSA) is 0 Å². The summed E-state index contributed by atoms with van der Waals surface area (Å²) < 4.78 is 0. The number of rotatable bonds is 1. The first-order valence-electron chi connectivity index (χ1n) is 2.91. The molecular weight excluding hydrogens is 233 g/mol. The molecule has 0 saturated carbocycles. The van der Waals surface area contributed by atoms with Gasteiger partial charge in [0.1, 0.15) is 0 Å². The van der Waals surface area contributed by atoms with Crippen molar-refractivity contribution in [1.82, 2.24) is 0 Å². The summed E-state index contributed by atoms with van der Waals surface area (Å²) in [4.78, 5) is 0. The summed E-state index contributed by atoms with van der Waals surface area (Å²) in [5.41, 5.74) is 0. The summed E-state index contributed by atoms with van der Waals surface area (Å²) in [5.74, 6) is 0. The van der Waals surface area contributed by atoms with Crippen LogP contribution < -0.4 is 0 Å². The maximum absolute atomic E-state index is 2.18. The van der Waals surface area contributed by atoms with Crippen LogP contribution >= 0.6 is 0 Å². The minimum absolute atomic E-state index is 0. The van der Waals surface area contributed by atoms with E-state index in [1.165, 1.54) is 12.8 Å². The van der Waals surface area contributed by atoms with Gasteiger partial charge in [-0.1, -0.05) is 48.0 Å². The summed E-state index contributed by atoms with van der Waals surface area (Å²) >= 11 is 0. The second kappa shape index (κ2) is 191. The fraction of sp³-hybridized carbons (Fsp3) is 0.636. The van der Waals surface area contributed by atoms with Crippen molar-refractivity contribution in [3.63, 3.8) is 0 Å². The van der Waals surface area contributed by atoms with Crippen molar-refractivity contribution >= 4 is 0 Å². The normalized spacial score (nSPS) is 3.00. The van der Waals surface area contributed by atoms with Crippen molar-refractivity contribution in [3.05, 3.63) is 29.7 Å². The van der Waals surface area contributed by atoms with Gasteiger partial charge in [-0.25, -0.2) is 0 Å². The van der Waals surface area contributed by atoms with Gasteiger partial charge >= 0.3 is 19.5 Å². The monoisotopic (exact) mass is 266 g/mol. The Balaban J connectivity index is -0.00000000317. The predicted octanol–water partition coefficient (Wildman–Crippen LogP) is 5.27. The van der Waals surface area contributed by atoms with E-state index in [0.717, 1.165) is 0 Å². The van der Waals surface area contributed by atoms with Crippen molar-refractivity contribution in [2.75, 3.05) is 0 Å². The molecule has 0 atom stereocenters. The van der Waals surface area contributed by atoms with E-state index >= 15 is 0 Å². The molecule has 0 aromatic heterocycles. The molecule has 12 heavy (non-hydrogen) atoms.